The van der Waals surface area contributed by atoms with Gasteiger partial charge in [0.05, 0.1) is 31.1 Å². The molecule has 0 bridgehead atoms. The van der Waals surface area contributed by atoms with Gasteiger partial charge in [-0.1, -0.05) is 56.0 Å². The van der Waals surface area contributed by atoms with E-state index < -0.39 is 20.1 Å². The number of hydrogen-bond donors (Lipinski definition) is 1. The van der Waals surface area contributed by atoms with Crippen molar-refractivity contribution in [1.82, 2.24) is 14.6 Å². The lowest BCUT2D eigenvalue weighted by molar-refractivity contribution is 0.0593. The van der Waals surface area contributed by atoms with Crippen LogP contribution in [0.3, 0.4) is 0 Å². The molecule has 3 heterocycles. The molecule has 0 fully saturated rings. The summed E-state index contributed by atoms with van der Waals surface area (Å²) in [6, 6.07) is 18.6. The van der Waals surface area contributed by atoms with Crippen LogP contribution in [-0.4, -0.2) is 48.0 Å². The number of aromatic nitrogens is 3. The van der Waals surface area contributed by atoms with Gasteiger partial charge in [-0.15, -0.1) is 0 Å². The van der Waals surface area contributed by atoms with Gasteiger partial charge in [-0.2, -0.15) is 5.10 Å². The Bertz CT molecular complexity index is 1310. The molecule has 1 unspecified atom stereocenters. The zero-order chi connectivity index (χ0) is 23.8. The third-order valence-corrected chi connectivity index (χ3v) is 7.41. The fraction of sp³-hybridized carbons (Fsp3) is 0.240. The molecule has 4 aromatic rings. The van der Waals surface area contributed by atoms with Crippen molar-refractivity contribution in [1.29, 1.82) is 0 Å². The lowest BCUT2D eigenvalue weighted by Crippen LogP contribution is -2.42. The van der Waals surface area contributed by atoms with Crippen molar-refractivity contribution in [3.05, 3.63) is 77.6 Å². The molecule has 33 heavy (non-hydrogen) atoms. The number of fused-ring (bicyclic) bond motifs is 1. The van der Waals surface area contributed by atoms with Gasteiger partial charge in [-0.25, -0.2) is 14.3 Å². The van der Waals surface area contributed by atoms with Gasteiger partial charge in [0.15, 0.2) is 0 Å². The Balaban J connectivity index is 2.03. The summed E-state index contributed by atoms with van der Waals surface area (Å²) in [7, 11) is 1.10. The molecule has 170 valence electrons. The molecular formula is C25H27N3O4Si. The first-order valence-corrected chi connectivity index (χ1v) is 14.1. The molecular weight excluding hydrogens is 434 g/mol. The molecule has 1 atom stereocenters. The van der Waals surface area contributed by atoms with Crippen LogP contribution in [0.1, 0.15) is 27.8 Å². The van der Waals surface area contributed by atoms with E-state index in [4.69, 9.17) is 14.6 Å². The minimum atomic E-state index is -1.84. The van der Waals surface area contributed by atoms with Gasteiger partial charge in [0.25, 0.3) is 0 Å². The molecule has 3 aromatic heterocycles. The summed E-state index contributed by atoms with van der Waals surface area (Å²) < 4.78 is 12.3. The van der Waals surface area contributed by atoms with E-state index >= 15 is 0 Å². The number of pyridine rings is 2. The fourth-order valence-electron chi connectivity index (χ4n) is 3.84. The maximum absolute atomic E-state index is 12.0. The van der Waals surface area contributed by atoms with Crippen LogP contribution >= 0.6 is 0 Å². The second-order valence-electron chi connectivity index (χ2n) is 8.80. The van der Waals surface area contributed by atoms with Gasteiger partial charge in [0.1, 0.15) is 25.6 Å². The molecule has 0 spiro atoms. The van der Waals surface area contributed by atoms with Crippen molar-refractivity contribution in [2.45, 2.75) is 25.7 Å². The maximum atomic E-state index is 12.0. The van der Waals surface area contributed by atoms with Crippen LogP contribution < -0.4 is 10.1 Å². The SMILES string of the molecule is COC(=O)c1cccc(C(O)c2c(-c3ccccc3)nn3c([Si](C)(C)C)cc(OC)cc23)n1. The standard InChI is InChI=1S/C25H27N3O4Si/c1-31-17-14-20-22(24(29)18-12-9-13-19(26-18)25(30)32-2)23(16-10-7-6-8-11-16)27-28(20)21(15-17)33(3,4)5/h6-15,24,29H,1-5H3. The number of carbonyl (C=O) groups excluding carboxylic acids is 1. The van der Waals surface area contributed by atoms with E-state index in [0.717, 1.165) is 16.4 Å². The number of esters is 1. The Morgan fingerprint density at radius 1 is 1.03 bits per heavy atom. The lowest BCUT2D eigenvalue weighted by Gasteiger charge is -2.19. The van der Waals surface area contributed by atoms with Crippen molar-refractivity contribution in [3.63, 3.8) is 0 Å². The molecule has 0 saturated carbocycles. The van der Waals surface area contributed by atoms with Gasteiger partial charge in [-0.05, 0) is 18.2 Å². The molecule has 1 aromatic carbocycles. The highest BCUT2D eigenvalue weighted by Crippen LogP contribution is 2.35. The van der Waals surface area contributed by atoms with Crippen LogP contribution in [0.15, 0.2) is 60.7 Å². The molecule has 0 aliphatic heterocycles. The minimum absolute atomic E-state index is 0.132. The van der Waals surface area contributed by atoms with E-state index in [1.54, 1.807) is 25.3 Å². The zero-order valence-electron chi connectivity index (χ0n) is 19.4. The quantitative estimate of drug-likeness (QED) is 0.347. The van der Waals surface area contributed by atoms with E-state index in [1.165, 1.54) is 7.11 Å². The summed E-state index contributed by atoms with van der Waals surface area (Å²) in [5, 5.41) is 17.6. The Hall–Kier alpha value is -3.49. The first kappa shape index (κ1) is 22.7. The van der Waals surface area contributed by atoms with Crippen molar-refractivity contribution in [2.75, 3.05) is 14.2 Å². The minimum Gasteiger partial charge on any atom is -0.497 e. The number of benzene rings is 1. The van der Waals surface area contributed by atoms with Crippen LogP contribution in [0.4, 0.5) is 0 Å². The summed E-state index contributed by atoms with van der Waals surface area (Å²) in [4.78, 5) is 16.4. The molecule has 0 saturated heterocycles. The van der Waals surface area contributed by atoms with Crippen LogP contribution in [0.25, 0.3) is 16.8 Å². The van der Waals surface area contributed by atoms with Crippen LogP contribution in [-0.2, 0) is 4.74 Å². The van der Waals surface area contributed by atoms with Gasteiger partial charge >= 0.3 is 5.97 Å². The largest absolute Gasteiger partial charge is 0.497 e. The number of carbonyl (C=O) groups is 1. The van der Waals surface area contributed by atoms with Gasteiger partial charge in [-0.3, -0.25) is 0 Å². The number of aliphatic hydroxyl groups is 1. The van der Waals surface area contributed by atoms with Gasteiger partial charge in [0.2, 0.25) is 0 Å². The van der Waals surface area contributed by atoms with Crippen molar-refractivity contribution in [2.24, 2.45) is 0 Å². The fourth-order valence-corrected chi connectivity index (χ4v) is 5.22. The zero-order valence-corrected chi connectivity index (χ0v) is 20.4. The average Bonchev–Trinajstić information content (AvgIpc) is 3.21. The molecule has 7 nitrogen and oxygen atoms in total. The number of aliphatic hydroxyl groups excluding tert-OH is 1. The van der Waals surface area contributed by atoms with Crippen LogP contribution in [0, 0.1) is 0 Å². The highest BCUT2D eigenvalue weighted by Gasteiger charge is 2.29. The van der Waals surface area contributed by atoms with Gasteiger partial charge < -0.3 is 14.6 Å². The topological polar surface area (TPSA) is 86.0 Å². The predicted molar refractivity (Wildman–Crippen MR) is 130 cm³/mol. The molecule has 0 aliphatic rings. The van der Waals surface area contributed by atoms with E-state index in [2.05, 4.69) is 24.6 Å². The molecule has 8 heteroatoms. The lowest BCUT2D eigenvalue weighted by atomic mass is 9.99. The Labute approximate surface area is 193 Å². The number of nitrogens with zero attached hydrogens (tertiary/aromatic N) is 3. The summed E-state index contributed by atoms with van der Waals surface area (Å²) in [5.41, 5.74) is 3.34. The van der Waals surface area contributed by atoms with Gasteiger partial charge in [0, 0.05) is 22.5 Å². The van der Waals surface area contributed by atoms with Crippen LogP contribution in [0.5, 0.6) is 5.75 Å². The molecule has 0 amide bonds. The van der Waals surface area contributed by atoms with E-state index in [9.17, 15) is 9.90 Å². The first-order valence-electron chi connectivity index (χ1n) is 10.6. The summed E-state index contributed by atoms with van der Waals surface area (Å²) >= 11 is 0. The molecule has 0 aliphatic carbocycles. The Morgan fingerprint density at radius 2 is 1.76 bits per heavy atom. The third kappa shape index (κ3) is 4.27. The normalized spacial score (nSPS) is 12.5. The third-order valence-electron chi connectivity index (χ3n) is 5.52. The Morgan fingerprint density at radius 3 is 2.39 bits per heavy atom. The van der Waals surface area contributed by atoms with E-state index in [-0.39, 0.29) is 5.69 Å². The van der Waals surface area contributed by atoms with Crippen molar-refractivity contribution < 1.29 is 19.4 Å². The molecule has 4 rings (SSSR count). The second kappa shape index (κ2) is 8.80. The smallest absolute Gasteiger partial charge is 0.356 e. The van der Waals surface area contributed by atoms with Crippen LogP contribution in [0.2, 0.25) is 19.6 Å². The molecule has 1 N–H and O–H groups in total. The summed E-state index contributed by atoms with van der Waals surface area (Å²) in [6.45, 7) is 6.72. The summed E-state index contributed by atoms with van der Waals surface area (Å²) in [6.07, 6.45) is -1.12. The number of hydrogen-bond acceptors (Lipinski definition) is 6. The monoisotopic (exact) mass is 461 g/mol. The van der Waals surface area contributed by atoms with E-state index in [1.807, 2.05) is 47.0 Å². The maximum Gasteiger partial charge on any atom is 0.356 e. The van der Waals surface area contributed by atoms with E-state index in [0.29, 0.717) is 22.7 Å². The van der Waals surface area contributed by atoms with Crippen molar-refractivity contribution in [3.8, 4) is 17.0 Å². The summed E-state index contributed by atoms with van der Waals surface area (Å²) in [5.74, 6) is 0.138. The first-order chi connectivity index (χ1) is 15.7. The van der Waals surface area contributed by atoms with Crippen molar-refractivity contribution >= 4 is 24.9 Å². The average molecular weight is 462 g/mol. The number of rotatable bonds is 6. The number of methoxy groups -OCH3 is 2. The number of ether oxygens (including phenoxy) is 2. The molecule has 0 radical (unpaired) electrons. The second-order valence-corrected chi connectivity index (χ2v) is 13.8. The highest BCUT2D eigenvalue weighted by atomic mass is 28.3. The highest BCUT2D eigenvalue weighted by molar-refractivity contribution is 6.88. The Kier molecular flexibility index (Phi) is 6.05. The predicted octanol–water partition coefficient (Wildman–Crippen LogP) is 3.82.